The van der Waals surface area contributed by atoms with Crippen LogP contribution in [-0.2, 0) is 12.8 Å². The van der Waals surface area contributed by atoms with Crippen molar-refractivity contribution in [2.75, 3.05) is 0 Å². The Morgan fingerprint density at radius 3 is 1.87 bits per heavy atom. The van der Waals surface area contributed by atoms with Crippen molar-refractivity contribution >= 4 is 0 Å². The molecule has 2 heteroatoms. The number of benzene rings is 1. The Morgan fingerprint density at radius 1 is 0.867 bits per heavy atom. The lowest BCUT2D eigenvalue weighted by atomic mass is 10.0. The van der Waals surface area contributed by atoms with E-state index in [1.807, 2.05) is 13.8 Å². The van der Waals surface area contributed by atoms with Gasteiger partial charge < -0.3 is 0 Å². The largest absolute Gasteiger partial charge is 0.203 e. The molecule has 0 aliphatic carbocycles. The first-order valence-electron chi connectivity index (χ1n) is 5.66. The summed E-state index contributed by atoms with van der Waals surface area (Å²) in [6, 6.07) is 3.44. The molecule has 0 amide bonds. The third kappa shape index (κ3) is 3.01. The van der Waals surface area contributed by atoms with Crippen LogP contribution in [0.4, 0.5) is 8.78 Å². The zero-order valence-electron chi connectivity index (χ0n) is 9.45. The van der Waals surface area contributed by atoms with Crippen molar-refractivity contribution < 1.29 is 8.78 Å². The van der Waals surface area contributed by atoms with E-state index in [9.17, 15) is 8.78 Å². The third-order valence-corrected chi connectivity index (χ3v) is 2.56. The number of aryl methyl sites for hydroxylation is 2. The quantitative estimate of drug-likeness (QED) is 0.684. The van der Waals surface area contributed by atoms with Crippen LogP contribution in [0, 0.1) is 11.6 Å². The number of unbranched alkanes of at least 4 members (excludes halogenated alkanes) is 1. The van der Waals surface area contributed by atoms with Crippen LogP contribution in [0.15, 0.2) is 12.1 Å². The number of hydrogen-bond donors (Lipinski definition) is 0. The van der Waals surface area contributed by atoms with Crippen LogP contribution in [0.3, 0.4) is 0 Å². The molecule has 0 nitrogen and oxygen atoms in total. The highest BCUT2D eigenvalue weighted by molar-refractivity contribution is 5.26. The molecule has 0 atom stereocenters. The van der Waals surface area contributed by atoms with E-state index < -0.39 is 11.6 Å². The van der Waals surface area contributed by atoms with Gasteiger partial charge in [0.2, 0.25) is 0 Å². The van der Waals surface area contributed by atoms with Crippen molar-refractivity contribution in [2.24, 2.45) is 0 Å². The van der Waals surface area contributed by atoms with E-state index in [1.165, 1.54) is 0 Å². The van der Waals surface area contributed by atoms with Gasteiger partial charge in [-0.2, -0.15) is 0 Å². The average molecular weight is 212 g/mol. The van der Waals surface area contributed by atoms with Crippen LogP contribution < -0.4 is 0 Å². The summed E-state index contributed by atoms with van der Waals surface area (Å²) < 4.78 is 27.0. The molecule has 0 radical (unpaired) electrons. The second kappa shape index (κ2) is 5.84. The molecule has 0 saturated carbocycles. The standard InChI is InChI=1S/C13H18F2/c1-3-5-7-11-9-8-10(6-4-2)12(14)13(11)15/h8-9H,3-7H2,1-2H3. The minimum Gasteiger partial charge on any atom is -0.203 e. The van der Waals surface area contributed by atoms with Gasteiger partial charge in [-0.05, 0) is 30.4 Å². The molecule has 1 rings (SSSR count). The molecule has 0 spiro atoms. The van der Waals surface area contributed by atoms with Gasteiger partial charge in [0.15, 0.2) is 11.6 Å². The van der Waals surface area contributed by atoms with Crippen molar-refractivity contribution in [2.45, 2.75) is 46.0 Å². The lowest BCUT2D eigenvalue weighted by Gasteiger charge is -2.07. The minimum atomic E-state index is -0.648. The molecule has 0 aliphatic heterocycles. The maximum atomic E-state index is 13.5. The molecule has 0 unspecified atom stereocenters. The molecule has 1 aromatic carbocycles. The summed E-state index contributed by atoms with van der Waals surface area (Å²) in [6.45, 7) is 4.00. The van der Waals surface area contributed by atoms with Gasteiger partial charge in [-0.15, -0.1) is 0 Å². The fourth-order valence-electron chi connectivity index (χ4n) is 1.65. The summed E-state index contributed by atoms with van der Waals surface area (Å²) in [4.78, 5) is 0. The van der Waals surface area contributed by atoms with Gasteiger partial charge in [-0.3, -0.25) is 0 Å². The van der Waals surface area contributed by atoms with Crippen LogP contribution >= 0.6 is 0 Å². The molecule has 15 heavy (non-hydrogen) atoms. The van der Waals surface area contributed by atoms with Gasteiger partial charge in [-0.1, -0.05) is 38.8 Å². The molecule has 84 valence electrons. The average Bonchev–Trinajstić information content (AvgIpc) is 2.24. The Balaban J connectivity index is 2.88. The summed E-state index contributed by atoms with van der Waals surface area (Å²) in [5.41, 5.74) is 1.00. The van der Waals surface area contributed by atoms with Crippen LogP contribution in [0.1, 0.15) is 44.2 Å². The highest BCUT2D eigenvalue weighted by Crippen LogP contribution is 2.19. The molecule has 0 bridgehead atoms. The van der Waals surface area contributed by atoms with E-state index in [2.05, 4.69) is 0 Å². The topological polar surface area (TPSA) is 0 Å². The van der Waals surface area contributed by atoms with E-state index >= 15 is 0 Å². The highest BCUT2D eigenvalue weighted by Gasteiger charge is 2.11. The molecule has 0 aromatic heterocycles. The zero-order valence-corrected chi connectivity index (χ0v) is 9.45. The SMILES string of the molecule is CCCCc1ccc(CCC)c(F)c1F. The van der Waals surface area contributed by atoms with Crippen LogP contribution in [0.25, 0.3) is 0 Å². The van der Waals surface area contributed by atoms with E-state index in [0.717, 1.165) is 19.3 Å². The van der Waals surface area contributed by atoms with Crippen molar-refractivity contribution in [3.63, 3.8) is 0 Å². The second-order valence-corrected chi connectivity index (χ2v) is 3.87. The molecule has 0 fully saturated rings. The van der Waals surface area contributed by atoms with Gasteiger partial charge in [0.25, 0.3) is 0 Å². The molecule has 0 saturated heterocycles. The first kappa shape index (κ1) is 12.2. The first-order chi connectivity index (χ1) is 7.20. The third-order valence-electron chi connectivity index (χ3n) is 2.56. The fraction of sp³-hybridized carbons (Fsp3) is 0.538. The predicted octanol–water partition coefficient (Wildman–Crippen LogP) is 4.26. The predicted molar refractivity (Wildman–Crippen MR) is 59.0 cm³/mol. The molecule has 0 heterocycles. The van der Waals surface area contributed by atoms with Gasteiger partial charge in [0.05, 0.1) is 0 Å². The molecule has 0 aliphatic rings. The summed E-state index contributed by atoms with van der Waals surface area (Å²) in [7, 11) is 0. The number of halogens is 2. The zero-order chi connectivity index (χ0) is 11.3. The fourth-order valence-corrected chi connectivity index (χ4v) is 1.65. The number of hydrogen-bond acceptors (Lipinski definition) is 0. The molecule has 1 aromatic rings. The van der Waals surface area contributed by atoms with E-state index in [4.69, 9.17) is 0 Å². The summed E-state index contributed by atoms with van der Waals surface area (Å²) in [5.74, 6) is -1.29. The van der Waals surface area contributed by atoms with E-state index in [0.29, 0.717) is 24.0 Å². The molecular formula is C13H18F2. The van der Waals surface area contributed by atoms with Crippen LogP contribution in [-0.4, -0.2) is 0 Å². The van der Waals surface area contributed by atoms with Gasteiger partial charge in [0, 0.05) is 0 Å². The normalized spacial score (nSPS) is 10.7. The lowest BCUT2D eigenvalue weighted by Crippen LogP contribution is -1.99. The van der Waals surface area contributed by atoms with Crippen LogP contribution in [0.2, 0.25) is 0 Å². The number of rotatable bonds is 5. The summed E-state index contributed by atoms with van der Waals surface area (Å²) >= 11 is 0. The summed E-state index contributed by atoms with van der Waals surface area (Å²) in [5, 5.41) is 0. The first-order valence-corrected chi connectivity index (χ1v) is 5.66. The molecule has 0 N–H and O–H groups in total. The van der Waals surface area contributed by atoms with E-state index in [1.54, 1.807) is 12.1 Å². The van der Waals surface area contributed by atoms with Crippen LogP contribution in [0.5, 0.6) is 0 Å². The lowest BCUT2D eigenvalue weighted by molar-refractivity contribution is 0.487. The van der Waals surface area contributed by atoms with Gasteiger partial charge in [-0.25, -0.2) is 8.78 Å². The highest BCUT2D eigenvalue weighted by atomic mass is 19.2. The smallest absolute Gasteiger partial charge is 0.162 e. The Morgan fingerprint density at radius 2 is 1.40 bits per heavy atom. The van der Waals surface area contributed by atoms with Crippen molar-refractivity contribution in [3.8, 4) is 0 Å². The Labute approximate surface area is 90.3 Å². The summed E-state index contributed by atoms with van der Waals surface area (Å²) in [6.07, 6.45) is 3.98. The van der Waals surface area contributed by atoms with E-state index in [-0.39, 0.29) is 0 Å². The van der Waals surface area contributed by atoms with Crippen molar-refractivity contribution in [3.05, 3.63) is 34.9 Å². The van der Waals surface area contributed by atoms with Gasteiger partial charge >= 0.3 is 0 Å². The maximum Gasteiger partial charge on any atom is 0.162 e. The van der Waals surface area contributed by atoms with Gasteiger partial charge in [0.1, 0.15) is 0 Å². The second-order valence-electron chi connectivity index (χ2n) is 3.87. The Bertz CT molecular complexity index is 319. The maximum absolute atomic E-state index is 13.5. The molecular weight excluding hydrogens is 194 g/mol. The Hall–Kier alpha value is -0.920. The Kier molecular flexibility index (Phi) is 4.73. The van der Waals surface area contributed by atoms with Crippen molar-refractivity contribution in [1.82, 2.24) is 0 Å². The minimum absolute atomic E-state index is 0.496. The monoisotopic (exact) mass is 212 g/mol. The van der Waals surface area contributed by atoms with Crippen molar-refractivity contribution in [1.29, 1.82) is 0 Å².